The lowest BCUT2D eigenvalue weighted by atomic mass is 10.1. The lowest BCUT2D eigenvalue weighted by Crippen LogP contribution is -2.16. The molecule has 1 atom stereocenters. The molecule has 78 valence electrons. The second-order valence-electron chi connectivity index (χ2n) is 3.73. The van der Waals surface area contributed by atoms with Gasteiger partial charge in [-0.05, 0) is 38.3 Å². The molecule has 0 bridgehead atoms. The van der Waals surface area contributed by atoms with E-state index in [0.29, 0.717) is 6.04 Å². The van der Waals surface area contributed by atoms with Crippen LogP contribution in [-0.4, -0.2) is 17.8 Å². The van der Waals surface area contributed by atoms with E-state index in [1.165, 1.54) is 11.3 Å². The predicted octanol–water partition coefficient (Wildman–Crippen LogP) is 2.57. The number of hydrogen-bond acceptors (Lipinski definition) is 2. The first-order chi connectivity index (χ1) is 6.74. The predicted molar refractivity (Wildman–Crippen MR) is 60.6 cm³/mol. The highest BCUT2D eigenvalue weighted by Gasteiger charge is 2.02. The first kappa shape index (κ1) is 11.1. The number of benzene rings is 1. The Hall–Kier alpha value is -1.02. The van der Waals surface area contributed by atoms with Crippen LogP contribution in [0.15, 0.2) is 24.3 Å². The Balaban J connectivity index is 2.47. The SMILES string of the molecule is Cc1ccccc1N[C@H](C)CCCO. The Morgan fingerprint density at radius 1 is 1.36 bits per heavy atom. The number of aliphatic hydroxyl groups excluding tert-OH is 1. The Morgan fingerprint density at radius 3 is 2.71 bits per heavy atom. The van der Waals surface area contributed by atoms with Crippen LogP contribution in [0.2, 0.25) is 0 Å². The first-order valence-electron chi connectivity index (χ1n) is 5.17. The van der Waals surface area contributed by atoms with Gasteiger partial charge in [0.25, 0.3) is 0 Å². The second-order valence-corrected chi connectivity index (χ2v) is 3.73. The van der Waals surface area contributed by atoms with Crippen molar-refractivity contribution in [2.75, 3.05) is 11.9 Å². The van der Waals surface area contributed by atoms with E-state index in [4.69, 9.17) is 5.11 Å². The number of aryl methyl sites for hydroxylation is 1. The summed E-state index contributed by atoms with van der Waals surface area (Å²) in [5.74, 6) is 0. The molecule has 0 fully saturated rings. The molecule has 0 spiro atoms. The lowest BCUT2D eigenvalue weighted by Gasteiger charge is -2.16. The zero-order valence-corrected chi connectivity index (χ0v) is 8.96. The molecule has 0 aliphatic heterocycles. The van der Waals surface area contributed by atoms with Gasteiger partial charge in [0.15, 0.2) is 0 Å². The van der Waals surface area contributed by atoms with Crippen molar-refractivity contribution in [3.8, 4) is 0 Å². The molecule has 14 heavy (non-hydrogen) atoms. The highest BCUT2D eigenvalue weighted by atomic mass is 16.2. The summed E-state index contributed by atoms with van der Waals surface area (Å²) in [6.07, 6.45) is 1.87. The Labute approximate surface area is 86.0 Å². The molecule has 0 unspecified atom stereocenters. The summed E-state index contributed by atoms with van der Waals surface area (Å²) in [6, 6.07) is 8.68. The van der Waals surface area contributed by atoms with E-state index >= 15 is 0 Å². The number of nitrogens with one attached hydrogen (secondary N) is 1. The molecular formula is C12H19NO. The summed E-state index contributed by atoms with van der Waals surface area (Å²) < 4.78 is 0. The maximum atomic E-state index is 8.71. The fourth-order valence-corrected chi connectivity index (χ4v) is 1.47. The van der Waals surface area contributed by atoms with Gasteiger partial charge in [0, 0.05) is 18.3 Å². The Morgan fingerprint density at radius 2 is 2.07 bits per heavy atom. The maximum Gasteiger partial charge on any atom is 0.0431 e. The van der Waals surface area contributed by atoms with E-state index < -0.39 is 0 Å². The van der Waals surface area contributed by atoms with Gasteiger partial charge in [0.05, 0.1) is 0 Å². The van der Waals surface area contributed by atoms with Gasteiger partial charge in [-0.1, -0.05) is 18.2 Å². The number of anilines is 1. The van der Waals surface area contributed by atoms with Gasteiger partial charge in [-0.2, -0.15) is 0 Å². The summed E-state index contributed by atoms with van der Waals surface area (Å²) in [6.45, 7) is 4.52. The molecule has 0 aromatic heterocycles. The van der Waals surface area contributed by atoms with Gasteiger partial charge >= 0.3 is 0 Å². The Bertz CT molecular complexity index is 273. The van der Waals surface area contributed by atoms with Crippen LogP contribution >= 0.6 is 0 Å². The van der Waals surface area contributed by atoms with Crippen molar-refractivity contribution in [2.45, 2.75) is 32.7 Å². The molecule has 1 aromatic rings. The number of aliphatic hydroxyl groups is 1. The average Bonchev–Trinajstić information content (AvgIpc) is 2.18. The van der Waals surface area contributed by atoms with Crippen LogP contribution in [-0.2, 0) is 0 Å². The van der Waals surface area contributed by atoms with E-state index in [1.807, 2.05) is 12.1 Å². The maximum absolute atomic E-state index is 8.71. The van der Waals surface area contributed by atoms with Crippen molar-refractivity contribution in [3.05, 3.63) is 29.8 Å². The molecule has 2 heteroatoms. The van der Waals surface area contributed by atoms with E-state index in [2.05, 4.69) is 31.3 Å². The molecule has 1 rings (SSSR count). The van der Waals surface area contributed by atoms with E-state index in [0.717, 1.165) is 12.8 Å². The van der Waals surface area contributed by atoms with Gasteiger partial charge in [-0.3, -0.25) is 0 Å². The van der Waals surface area contributed by atoms with Crippen LogP contribution in [0.3, 0.4) is 0 Å². The molecule has 2 N–H and O–H groups in total. The zero-order chi connectivity index (χ0) is 10.4. The highest BCUT2D eigenvalue weighted by Crippen LogP contribution is 2.15. The standard InChI is InChI=1S/C12H19NO/c1-10-6-3-4-8-12(10)13-11(2)7-5-9-14/h3-4,6,8,11,13-14H,5,7,9H2,1-2H3/t11-/m1/s1. The van der Waals surface area contributed by atoms with Crippen molar-refractivity contribution in [3.63, 3.8) is 0 Å². The van der Waals surface area contributed by atoms with E-state index in [1.54, 1.807) is 0 Å². The van der Waals surface area contributed by atoms with Crippen molar-refractivity contribution in [1.29, 1.82) is 0 Å². The van der Waals surface area contributed by atoms with E-state index in [-0.39, 0.29) is 6.61 Å². The molecule has 0 heterocycles. The molecular weight excluding hydrogens is 174 g/mol. The zero-order valence-electron chi connectivity index (χ0n) is 8.96. The van der Waals surface area contributed by atoms with Gasteiger partial charge in [-0.25, -0.2) is 0 Å². The second kappa shape index (κ2) is 5.66. The van der Waals surface area contributed by atoms with Crippen LogP contribution in [0.25, 0.3) is 0 Å². The fourth-order valence-electron chi connectivity index (χ4n) is 1.47. The number of rotatable bonds is 5. The summed E-state index contributed by atoms with van der Waals surface area (Å²) in [5.41, 5.74) is 2.46. The third kappa shape index (κ3) is 3.38. The van der Waals surface area contributed by atoms with Crippen molar-refractivity contribution in [1.82, 2.24) is 0 Å². The van der Waals surface area contributed by atoms with Gasteiger partial charge in [0.2, 0.25) is 0 Å². The first-order valence-corrected chi connectivity index (χ1v) is 5.17. The van der Waals surface area contributed by atoms with Crippen molar-refractivity contribution < 1.29 is 5.11 Å². The Kier molecular flexibility index (Phi) is 4.47. The van der Waals surface area contributed by atoms with Gasteiger partial charge < -0.3 is 10.4 Å². The summed E-state index contributed by atoms with van der Waals surface area (Å²) in [4.78, 5) is 0. The largest absolute Gasteiger partial charge is 0.396 e. The smallest absolute Gasteiger partial charge is 0.0431 e. The molecule has 0 amide bonds. The molecule has 0 saturated heterocycles. The van der Waals surface area contributed by atoms with Crippen molar-refractivity contribution >= 4 is 5.69 Å². The number of hydrogen-bond donors (Lipinski definition) is 2. The molecule has 0 radical (unpaired) electrons. The minimum Gasteiger partial charge on any atom is -0.396 e. The molecule has 0 saturated carbocycles. The third-order valence-electron chi connectivity index (χ3n) is 2.34. The normalized spacial score (nSPS) is 12.5. The van der Waals surface area contributed by atoms with Crippen LogP contribution in [0.1, 0.15) is 25.3 Å². The minimum absolute atomic E-state index is 0.278. The minimum atomic E-state index is 0.278. The molecule has 1 aromatic carbocycles. The van der Waals surface area contributed by atoms with Crippen molar-refractivity contribution in [2.24, 2.45) is 0 Å². The highest BCUT2D eigenvalue weighted by molar-refractivity contribution is 5.50. The van der Waals surface area contributed by atoms with Gasteiger partial charge in [0.1, 0.15) is 0 Å². The average molecular weight is 193 g/mol. The summed E-state index contributed by atoms with van der Waals surface area (Å²) in [5, 5.41) is 12.1. The topological polar surface area (TPSA) is 32.3 Å². The monoisotopic (exact) mass is 193 g/mol. The van der Waals surface area contributed by atoms with Crippen LogP contribution < -0.4 is 5.32 Å². The number of para-hydroxylation sites is 1. The van der Waals surface area contributed by atoms with Gasteiger partial charge in [-0.15, -0.1) is 0 Å². The summed E-state index contributed by atoms with van der Waals surface area (Å²) >= 11 is 0. The molecule has 0 aliphatic carbocycles. The van der Waals surface area contributed by atoms with Crippen LogP contribution in [0.4, 0.5) is 5.69 Å². The molecule has 0 aliphatic rings. The molecule has 2 nitrogen and oxygen atoms in total. The van der Waals surface area contributed by atoms with E-state index in [9.17, 15) is 0 Å². The third-order valence-corrected chi connectivity index (χ3v) is 2.34. The van der Waals surface area contributed by atoms with Crippen LogP contribution in [0, 0.1) is 6.92 Å². The van der Waals surface area contributed by atoms with Crippen LogP contribution in [0.5, 0.6) is 0 Å². The quantitative estimate of drug-likeness (QED) is 0.753. The fraction of sp³-hybridized carbons (Fsp3) is 0.500. The summed E-state index contributed by atoms with van der Waals surface area (Å²) in [7, 11) is 0. The lowest BCUT2D eigenvalue weighted by molar-refractivity contribution is 0.282.